The SMILES string of the molecule is CCN(CC)C(=O)CN1CCCN(C(=O)C2CCN(S(=O)(=O)c3cn(C)c(C)n3)CC2)CC1. The summed E-state index contributed by atoms with van der Waals surface area (Å²) in [6.45, 7) is 11.0. The van der Waals surface area contributed by atoms with Crippen LogP contribution in [-0.4, -0.2) is 108 Å². The van der Waals surface area contributed by atoms with Gasteiger partial charge in [-0.3, -0.25) is 14.5 Å². The molecule has 0 saturated carbocycles. The molecule has 0 bridgehead atoms. The predicted octanol–water partition coefficient (Wildman–Crippen LogP) is 0.532. The number of hydrogen-bond donors (Lipinski definition) is 0. The van der Waals surface area contributed by atoms with Gasteiger partial charge in [0.2, 0.25) is 11.8 Å². The van der Waals surface area contributed by atoms with Gasteiger partial charge in [-0.15, -0.1) is 0 Å². The average molecular weight is 483 g/mol. The number of amides is 2. The number of piperidine rings is 1. The highest BCUT2D eigenvalue weighted by atomic mass is 32.2. The summed E-state index contributed by atoms with van der Waals surface area (Å²) in [6, 6.07) is 0. The van der Waals surface area contributed by atoms with Gasteiger partial charge in [-0.1, -0.05) is 0 Å². The number of imidazole rings is 1. The summed E-state index contributed by atoms with van der Waals surface area (Å²) in [6.07, 6.45) is 3.41. The molecule has 2 amide bonds. The monoisotopic (exact) mass is 482 g/mol. The molecule has 1 aromatic heterocycles. The quantitative estimate of drug-likeness (QED) is 0.562. The molecule has 0 aromatic carbocycles. The Kier molecular flexibility index (Phi) is 8.52. The lowest BCUT2D eigenvalue weighted by atomic mass is 9.96. The fraction of sp³-hybridized carbons (Fsp3) is 0.773. The van der Waals surface area contributed by atoms with Crippen LogP contribution in [0.25, 0.3) is 0 Å². The van der Waals surface area contributed by atoms with E-state index in [1.807, 2.05) is 23.6 Å². The van der Waals surface area contributed by atoms with Crippen molar-refractivity contribution < 1.29 is 18.0 Å². The van der Waals surface area contributed by atoms with Crippen molar-refractivity contribution in [2.75, 3.05) is 58.9 Å². The number of carbonyl (C=O) groups excluding carboxylic acids is 2. The summed E-state index contributed by atoms with van der Waals surface area (Å²) in [4.78, 5) is 35.6. The third-order valence-electron chi connectivity index (χ3n) is 6.87. The largest absolute Gasteiger partial charge is 0.342 e. The number of likely N-dealkylation sites (N-methyl/N-ethyl adjacent to an activating group) is 1. The Morgan fingerprint density at radius 1 is 1.06 bits per heavy atom. The van der Waals surface area contributed by atoms with Crippen molar-refractivity contribution in [1.29, 1.82) is 0 Å². The number of aryl methyl sites for hydroxylation is 2. The van der Waals surface area contributed by atoms with Crippen LogP contribution in [0.2, 0.25) is 0 Å². The second-order valence-corrected chi connectivity index (χ2v) is 10.8. The number of aromatic nitrogens is 2. The average Bonchev–Trinajstić information content (AvgIpc) is 2.99. The highest BCUT2D eigenvalue weighted by Crippen LogP contribution is 2.25. The first-order chi connectivity index (χ1) is 15.7. The summed E-state index contributed by atoms with van der Waals surface area (Å²) in [5.41, 5.74) is 0. The van der Waals surface area contributed by atoms with E-state index < -0.39 is 10.0 Å². The highest BCUT2D eigenvalue weighted by molar-refractivity contribution is 7.89. The summed E-state index contributed by atoms with van der Waals surface area (Å²) in [5, 5.41) is 0.0687. The third kappa shape index (κ3) is 5.93. The van der Waals surface area contributed by atoms with E-state index in [2.05, 4.69) is 9.88 Å². The molecule has 2 saturated heterocycles. The standard InChI is InChI=1S/C22H38N6O4S/c1-5-26(6-2)21(29)17-25-10-7-11-27(15-14-25)22(30)19-8-12-28(13-9-19)33(31,32)20-16-24(4)18(3)23-20/h16,19H,5-15,17H2,1-4H3. The molecule has 0 spiro atoms. The van der Waals surface area contributed by atoms with E-state index in [4.69, 9.17) is 0 Å². The smallest absolute Gasteiger partial charge is 0.262 e. The molecule has 2 aliphatic heterocycles. The van der Waals surface area contributed by atoms with Crippen LogP contribution in [0.1, 0.15) is 38.9 Å². The minimum Gasteiger partial charge on any atom is -0.342 e. The number of carbonyl (C=O) groups is 2. The molecular formula is C22H38N6O4S. The van der Waals surface area contributed by atoms with E-state index in [0.29, 0.717) is 71.0 Å². The topological polar surface area (TPSA) is 99.1 Å². The number of rotatable bonds is 7. The molecule has 0 aliphatic carbocycles. The summed E-state index contributed by atoms with van der Waals surface area (Å²) in [7, 11) is -1.87. The van der Waals surface area contributed by atoms with Gasteiger partial charge < -0.3 is 14.4 Å². The molecule has 11 heteroatoms. The molecule has 2 fully saturated rings. The van der Waals surface area contributed by atoms with Crippen LogP contribution in [0.15, 0.2) is 11.2 Å². The molecule has 0 N–H and O–H groups in total. The molecule has 10 nitrogen and oxygen atoms in total. The maximum atomic E-state index is 13.2. The first-order valence-corrected chi connectivity index (χ1v) is 13.4. The molecule has 0 radical (unpaired) electrons. The van der Waals surface area contributed by atoms with Crippen LogP contribution in [0.5, 0.6) is 0 Å². The molecular weight excluding hydrogens is 444 g/mol. The van der Waals surface area contributed by atoms with Crippen molar-refractivity contribution in [2.24, 2.45) is 13.0 Å². The third-order valence-corrected chi connectivity index (χ3v) is 8.64. The molecule has 1 aromatic rings. The van der Waals surface area contributed by atoms with E-state index in [9.17, 15) is 18.0 Å². The van der Waals surface area contributed by atoms with Crippen molar-refractivity contribution in [3.8, 4) is 0 Å². The lowest BCUT2D eigenvalue weighted by Crippen LogP contribution is -2.45. The normalized spacial score (nSPS) is 19.5. The lowest BCUT2D eigenvalue weighted by Gasteiger charge is -2.33. The zero-order valence-corrected chi connectivity index (χ0v) is 21.2. The van der Waals surface area contributed by atoms with Crippen LogP contribution >= 0.6 is 0 Å². The fourth-order valence-corrected chi connectivity index (χ4v) is 6.10. The Balaban J connectivity index is 1.52. The van der Waals surface area contributed by atoms with Crippen LogP contribution in [0.3, 0.4) is 0 Å². The molecule has 33 heavy (non-hydrogen) atoms. The number of nitrogens with zero attached hydrogens (tertiary/aromatic N) is 6. The lowest BCUT2D eigenvalue weighted by molar-refractivity contribution is -0.136. The Labute approximate surface area is 197 Å². The Hall–Kier alpha value is -1.98. The first kappa shape index (κ1) is 25.6. The zero-order chi connectivity index (χ0) is 24.2. The van der Waals surface area contributed by atoms with Gasteiger partial charge in [0.25, 0.3) is 10.0 Å². The van der Waals surface area contributed by atoms with Crippen LogP contribution in [-0.2, 0) is 26.7 Å². The summed E-state index contributed by atoms with van der Waals surface area (Å²) in [5.74, 6) is 0.729. The fourth-order valence-electron chi connectivity index (χ4n) is 4.60. The van der Waals surface area contributed by atoms with E-state index in [1.54, 1.807) is 18.5 Å². The Bertz CT molecular complexity index is 915. The van der Waals surface area contributed by atoms with E-state index in [-0.39, 0.29) is 22.8 Å². The molecule has 0 unspecified atom stereocenters. The Morgan fingerprint density at radius 2 is 1.73 bits per heavy atom. The van der Waals surface area contributed by atoms with Crippen molar-refractivity contribution in [2.45, 2.75) is 45.1 Å². The molecule has 0 atom stereocenters. The zero-order valence-electron chi connectivity index (χ0n) is 20.4. The van der Waals surface area contributed by atoms with E-state index >= 15 is 0 Å². The van der Waals surface area contributed by atoms with Gasteiger partial charge >= 0.3 is 0 Å². The van der Waals surface area contributed by atoms with Crippen molar-refractivity contribution in [1.82, 2.24) is 28.6 Å². The Morgan fingerprint density at radius 3 is 2.30 bits per heavy atom. The van der Waals surface area contributed by atoms with Gasteiger partial charge in [0.1, 0.15) is 5.82 Å². The van der Waals surface area contributed by atoms with Gasteiger partial charge in [0.05, 0.1) is 6.54 Å². The first-order valence-electron chi connectivity index (χ1n) is 12.0. The van der Waals surface area contributed by atoms with E-state index in [1.165, 1.54) is 10.5 Å². The number of hydrogen-bond acceptors (Lipinski definition) is 6. The molecule has 3 heterocycles. The van der Waals surface area contributed by atoms with Crippen molar-refractivity contribution in [3.05, 3.63) is 12.0 Å². The van der Waals surface area contributed by atoms with Gasteiger partial charge in [-0.25, -0.2) is 13.4 Å². The van der Waals surface area contributed by atoms with Crippen molar-refractivity contribution >= 4 is 21.8 Å². The van der Waals surface area contributed by atoms with Crippen LogP contribution in [0.4, 0.5) is 0 Å². The number of sulfonamides is 1. The maximum absolute atomic E-state index is 13.2. The van der Waals surface area contributed by atoms with Gasteiger partial charge in [-0.05, 0) is 40.0 Å². The minimum absolute atomic E-state index is 0.0687. The molecule has 3 rings (SSSR count). The van der Waals surface area contributed by atoms with Gasteiger partial charge in [0.15, 0.2) is 5.03 Å². The summed E-state index contributed by atoms with van der Waals surface area (Å²) < 4.78 is 29.0. The van der Waals surface area contributed by atoms with Crippen LogP contribution in [0, 0.1) is 12.8 Å². The molecule has 2 aliphatic rings. The summed E-state index contributed by atoms with van der Waals surface area (Å²) >= 11 is 0. The maximum Gasteiger partial charge on any atom is 0.262 e. The van der Waals surface area contributed by atoms with Gasteiger partial charge in [-0.2, -0.15) is 4.31 Å². The molecule has 186 valence electrons. The minimum atomic E-state index is -3.64. The predicted molar refractivity (Wildman–Crippen MR) is 125 cm³/mol. The highest BCUT2D eigenvalue weighted by Gasteiger charge is 2.35. The van der Waals surface area contributed by atoms with Crippen LogP contribution < -0.4 is 0 Å². The second-order valence-electron chi connectivity index (χ2n) is 8.94. The van der Waals surface area contributed by atoms with Gasteiger partial charge in [0, 0.05) is 71.5 Å². The second kappa shape index (κ2) is 11.0. The van der Waals surface area contributed by atoms with Crippen molar-refractivity contribution in [3.63, 3.8) is 0 Å². The van der Waals surface area contributed by atoms with E-state index in [0.717, 1.165) is 13.0 Å².